The van der Waals surface area contributed by atoms with Crippen LogP contribution in [0.1, 0.15) is 0 Å². The Morgan fingerprint density at radius 1 is 0.700 bits per heavy atom. The quantitative estimate of drug-likeness (QED) is 0.201. The number of hydrogen-bond acceptors (Lipinski definition) is 7. The van der Waals surface area contributed by atoms with Crippen molar-refractivity contribution in [2.45, 2.75) is 0 Å². The van der Waals surface area contributed by atoms with E-state index in [1.807, 2.05) is 0 Å². The van der Waals surface area contributed by atoms with Crippen LogP contribution in [0.4, 0.5) is 0 Å². The Balaban J connectivity index is 4.43. The van der Waals surface area contributed by atoms with Gasteiger partial charge < -0.3 is 35.0 Å². The summed E-state index contributed by atoms with van der Waals surface area (Å²) < 4.78 is 10.4. The Morgan fingerprint density at radius 3 is 1.50 bits per heavy atom. The molecular formula is C13H24O7. The molecule has 0 radical (unpaired) electrons. The Hall–Kier alpha value is -0.720. The summed E-state index contributed by atoms with van der Waals surface area (Å²) >= 11 is 0. The fourth-order valence-electron chi connectivity index (χ4n) is 1.37. The molecule has 0 spiro atoms. The van der Waals surface area contributed by atoms with E-state index in [1.54, 1.807) is 0 Å². The normalized spacial score (nSPS) is 12.4. The van der Waals surface area contributed by atoms with E-state index in [2.05, 4.69) is 5.92 Å². The van der Waals surface area contributed by atoms with Gasteiger partial charge in [0, 0.05) is 0 Å². The maximum absolute atomic E-state index is 9.36. The molecule has 0 unspecified atom stereocenters. The highest BCUT2D eigenvalue weighted by atomic mass is 16.5. The van der Waals surface area contributed by atoms with Crippen molar-refractivity contribution in [3.05, 3.63) is 0 Å². The van der Waals surface area contributed by atoms with Gasteiger partial charge in [-0.1, -0.05) is 5.92 Å². The summed E-state index contributed by atoms with van der Waals surface area (Å²) in [7, 11) is 0. The number of aliphatic hydroxyl groups excluding tert-OH is 5. The zero-order valence-corrected chi connectivity index (χ0v) is 11.5. The van der Waals surface area contributed by atoms with E-state index in [1.165, 1.54) is 0 Å². The van der Waals surface area contributed by atoms with Gasteiger partial charge in [0.2, 0.25) is 0 Å². The molecule has 0 aromatic heterocycles. The third-order valence-electron chi connectivity index (χ3n) is 3.09. The molecule has 5 N–H and O–H groups in total. The van der Waals surface area contributed by atoms with Crippen LogP contribution in [0.15, 0.2) is 0 Å². The van der Waals surface area contributed by atoms with E-state index in [0.717, 1.165) is 0 Å². The third kappa shape index (κ3) is 5.73. The second-order valence-corrected chi connectivity index (χ2v) is 4.98. The second-order valence-electron chi connectivity index (χ2n) is 4.98. The van der Waals surface area contributed by atoms with E-state index in [-0.39, 0.29) is 39.6 Å². The Bertz CT molecular complexity index is 271. The van der Waals surface area contributed by atoms with E-state index in [9.17, 15) is 10.2 Å². The van der Waals surface area contributed by atoms with Gasteiger partial charge in [0.05, 0.1) is 63.7 Å². The largest absolute Gasteiger partial charge is 0.396 e. The molecule has 0 aliphatic rings. The van der Waals surface area contributed by atoms with E-state index in [0.29, 0.717) is 0 Å². The van der Waals surface area contributed by atoms with Crippen LogP contribution in [0.25, 0.3) is 0 Å². The van der Waals surface area contributed by atoms with Gasteiger partial charge in [0.25, 0.3) is 0 Å². The smallest absolute Gasteiger partial charge is 0.107 e. The Kier molecular flexibility index (Phi) is 9.71. The lowest BCUT2D eigenvalue weighted by molar-refractivity contribution is -0.109. The standard InChI is InChI=1S/C13H24O7/c1-2-3-19-10-13(7-17,8-18)11-20-9-12(4-14,5-15)6-16/h1,14-18H,3-11H2. The molecule has 20 heavy (non-hydrogen) atoms. The van der Waals surface area contributed by atoms with Crippen molar-refractivity contribution >= 4 is 0 Å². The Labute approximate surface area is 118 Å². The average molecular weight is 292 g/mol. The van der Waals surface area contributed by atoms with Gasteiger partial charge in [-0.2, -0.15) is 0 Å². The molecule has 0 saturated carbocycles. The van der Waals surface area contributed by atoms with E-state index < -0.39 is 30.7 Å². The van der Waals surface area contributed by atoms with Crippen LogP contribution in [0.5, 0.6) is 0 Å². The van der Waals surface area contributed by atoms with Crippen molar-refractivity contribution in [3.8, 4) is 12.3 Å². The van der Waals surface area contributed by atoms with Crippen LogP contribution in [0.2, 0.25) is 0 Å². The molecule has 0 aromatic carbocycles. The summed E-state index contributed by atoms with van der Waals surface area (Å²) in [5, 5.41) is 46.2. The predicted octanol–water partition coefficient (Wildman–Crippen LogP) is -2.41. The van der Waals surface area contributed by atoms with Crippen LogP contribution in [-0.2, 0) is 9.47 Å². The molecule has 0 atom stereocenters. The molecule has 0 rings (SSSR count). The van der Waals surface area contributed by atoms with Crippen LogP contribution in [0, 0.1) is 23.2 Å². The van der Waals surface area contributed by atoms with Gasteiger partial charge in [-0.25, -0.2) is 0 Å². The summed E-state index contributed by atoms with van der Waals surface area (Å²) in [6, 6.07) is 0. The first-order valence-electron chi connectivity index (χ1n) is 6.21. The monoisotopic (exact) mass is 292 g/mol. The summed E-state index contributed by atoms with van der Waals surface area (Å²) in [5.41, 5.74) is -2.18. The van der Waals surface area contributed by atoms with Crippen molar-refractivity contribution < 1.29 is 35.0 Å². The van der Waals surface area contributed by atoms with Gasteiger partial charge in [0.15, 0.2) is 0 Å². The summed E-state index contributed by atoms with van der Waals surface area (Å²) in [6.45, 7) is -2.21. The van der Waals surface area contributed by atoms with Gasteiger partial charge in [-0.05, 0) is 0 Å². The average Bonchev–Trinajstić information content (AvgIpc) is 2.51. The number of aliphatic hydroxyl groups is 5. The molecule has 0 amide bonds. The van der Waals surface area contributed by atoms with E-state index >= 15 is 0 Å². The van der Waals surface area contributed by atoms with E-state index in [4.69, 9.17) is 31.2 Å². The molecule has 0 fully saturated rings. The van der Waals surface area contributed by atoms with Crippen LogP contribution < -0.4 is 0 Å². The molecular weight excluding hydrogens is 268 g/mol. The molecule has 7 heteroatoms. The third-order valence-corrected chi connectivity index (χ3v) is 3.09. The minimum Gasteiger partial charge on any atom is -0.396 e. The molecule has 0 aliphatic carbocycles. The van der Waals surface area contributed by atoms with Crippen LogP contribution in [-0.4, -0.2) is 85.0 Å². The van der Waals surface area contributed by atoms with Crippen LogP contribution >= 0.6 is 0 Å². The minimum atomic E-state index is -1.16. The number of rotatable bonds is 12. The molecule has 0 aromatic rings. The second kappa shape index (κ2) is 10.1. The maximum Gasteiger partial charge on any atom is 0.107 e. The highest BCUT2D eigenvalue weighted by molar-refractivity contribution is 4.85. The lowest BCUT2D eigenvalue weighted by Crippen LogP contribution is -2.43. The lowest BCUT2D eigenvalue weighted by Gasteiger charge is -2.32. The highest BCUT2D eigenvalue weighted by Crippen LogP contribution is 2.20. The molecule has 0 aliphatic heterocycles. The molecule has 0 bridgehead atoms. The molecule has 0 heterocycles. The lowest BCUT2D eigenvalue weighted by atomic mass is 9.90. The van der Waals surface area contributed by atoms with Crippen molar-refractivity contribution in [1.29, 1.82) is 0 Å². The van der Waals surface area contributed by atoms with Crippen molar-refractivity contribution in [3.63, 3.8) is 0 Å². The predicted molar refractivity (Wildman–Crippen MR) is 70.8 cm³/mol. The topological polar surface area (TPSA) is 120 Å². The van der Waals surface area contributed by atoms with Crippen molar-refractivity contribution in [2.75, 3.05) is 59.5 Å². The van der Waals surface area contributed by atoms with Gasteiger partial charge in [-0.3, -0.25) is 0 Å². The first-order chi connectivity index (χ1) is 9.57. The van der Waals surface area contributed by atoms with Crippen molar-refractivity contribution in [1.82, 2.24) is 0 Å². The molecule has 7 nitrogen and oxygen atoms in total. The fourth-order valence-corrected chi connectivity index (χ4v) is 1.37. The van der Waals surface area contributed by atoms with Gasteiger partial charge >= 0.3 is 0 Å². The SMILES string of the molecule is C#CCOCC(CO)(CO)COCC(CO)(CO)CO. The van der Waals surface area contributed by atoms with Crippen molar-refractivity contribution in [2.24, 2.45) is 10.8 Å². The minimum absolute atomic E-state index is 0.00851. The zero-order chi connectivity index (χ0) is 15.5. The summed E-state index contributed by atoms with van der Waals surface area (Å²) in [4.78, 5) is 0. The zero-order valence-electron chi connectivity index (χ0n) is 11.5. The van der Waals surface area contributed by atoms with Gasteiger partial charge in [-0.15, -0.1) is 6.42 Å². The number of hydrogen-bond donors (Lipinski definition) is 5. The molecule has 118 valence electrons. The van der Waals surface area contributed by atoms with Crippen LogP contribution in [0.3, 0.4) is 0 Å². The summed E-state index contributed by atoms with van der Waals surface area (Å²) in [6.07, 6.45) is 5.04. The highest BCUT2D eigenvalue weighted by Gasteiger charge is 2.33. The first-order valence-corrected chi connectivity index (χ1v) is 6.21. The Morgan fingerprint density at radius 2 is 1.10 bits per heavy atom. The maximum atomic E-state index is 9.36. The summed E-state index contributed by atoms with van der Waals surface area (Å²) in [5.74, 6) is 2.27. The van der Waals surface area contributed by atoms with Gasteiger partial charge in [0.1, 0.15) is 6.61 Å². The number of terminal acetylenes is 1. The number of ether oxygens (including phenoxy) is 2. The first kappa shape index (κ1) is 19.3. The molecule has 0 saturated heterocycles. The fraction of sp³-hybridized carbons (Fsp3) is 0.846.